The third kappa shape index (κ3) is 4.64. The zero-order chi connectivity index (χ0) is 17.4. The van der Waals surface area contributed by atoms with Gasteiger partial charge >= 0.3 is 5.97 Å². The number of hydrogen-bond donors (Lipinski definition) is 1. The Kier molecular flexibility index (Phi) is 6.01. The SMILES string of the molecule is COc1ccc(/C(N)=N/OC(=O)COc2ccccc2OC)cc1. The number of amidine groups is 1. The van der Waals surface area contributed by atoms with Crippen molar-refractivity contribution >= 4 is 11.8 Å². The first-order valence-corrected chi connectivity index (χ1v) is 7.07. The molecule has 0 aliphatic heterocycles. The van der Waals surface area contributed by atoms with Crippen molar-refractivity contribution in [3.63, 3.8) is 0 Å². The number of para-hydroxylation sites is 2. The second-order valence-electron chi connectivity index (χ2n) is 4.61. The van der Waals surface area contributed by atoms with Crippen LogP contribution in [0.3, 0.4) is 0 Å². The van der Waals surface area contributed by atoms with E-state index in [1.165, 1.54) is 7.11 Å². The van der Waals surface area contributed by atoms with Crippen molar-refractivity contribution in [1.29, 1.82) is 0 Å². The summed E-state index contributed by atoms with van der Waals surface area (Å²) in [6.07, 6.45) is 0. The molecule has 0 spiro atoms. The fraction of sp³-hybridized carbons (Fsp3) is 0.176. The summed E-state index contributed by atoms with van der Waals surface area (Å²) in [6, 6.07) is 13.8. The average Bonchev–Trinajstić information content (AvgIpc) is 2.64. The van der Waals surface area contributed by atoms with Gasteiger partial charge in [0.25, 0.3) is 0 Å². The number of oxime groups is 1. The molecule has 7 heteroatoms. The first-order chi connectivity index (χ1) is 11.6. The van der Waals surface area contributed by atoms with Crippen molar-refractivity contribution < 1.29 is 23.8 Å². The van der Waals surface area contributed by atoms with Crippen molar-refractivity contribution in [1.82, 2.24) is 0 Å². The quantitative estimate of drug-likeness (QED) is 0.361. The van der Waals surface area contributed by atoms with E-state index in [1.807, 2.05) is 0 Å². The van der Waals surface area contributed by atoms with Crippen LogP contribution in [0, 0.1) is 0 Å². The number of methoxy groups -OCH3 is 2. The molecule has 0 aliphatic carbocycles. The predicted octanol–water partition coefficient (Wildman–Crippen LogP) is 1.95. The van der Waals surface area contributed by atoms with Crippen molar-refractivity contribution in [3.8, 4) is 17.2 Å². The maximum atomic E-state index is 11.7. The molecule has 2 aromatic carbocycles. The molecule has 0 aromatic heterocycles. The van der Waals surface area contributed by atoms with Crippen molar-refractivity contribution in [2.75, 3.05) is 20.8 Å². The second-order valence-corrected chi connectivity index (χ2v) is 4.61. The number of benzene rings is 2. The van der Waals surface area contributed by atoms with Crippen molar-refractivity contribution in [3.05, 3.63) is 54.1 Å². The summed E-state index contributed by atoms with van der Waals surface area (Å²) in [5, 5.41) is 3.60. The van der Waals surface area contributed by atoms with E-state index in [1.54, 1.807) is 55.6 Å². The summed E-state index contributed by atoms with van der Waals surface area (Å²) >= 11 is 0. The highest BCUT2D eigenvalue weighted by Gasteiger charge is 2.09. The number of carbonyl (C=O) groups is 1. The normalized spacial score (nSPS) is 10.8. The molecule has 0 heterocycles. The van der Waals surface area contributed by atoms with E-state index in [0.717, 1.165) is 0 Å². The lowest BCUT2D eigenvalue weighted by atomic mass is 10.2. The van der Waals surface area contributed by atoms with E-state index < -0.39 is 5.97 Å². The van der Waals surface area contributed by atoms with Gasteiger partial charge in [0.1, 0.15) is 5.75 Å². The Bertz CT molecular complexity index is 713. The zero-order valence-electron chi connectivity index (χ0n) is 13.4. The first kappa shape index (κ1) is 17.1. The Morgan fingerprint density at radius 3 is 2.29 bits per heavy atom. The van der Waals surface area contributed by atoms with E-state index >= 15 is 0 Å². The van der Waals surface area contributed by atoms with Gasteiger partial charge in [-0.05, 0) is 36.4 Å². The van der Waals surface area contributed by atoms with E-state index in [2.05, 4.69) is 5.16 Å². The van der Waals surface area contributed by atoms with Crippen LogP contribution in [0.1, 0.15) is 5.56 Å². The van der Waals surface area contributed by atoms with Crippen molar-refractivity contribution in [2.45, 2.75) is 0 Å². The van der Waals surface area contributed by atoms with Gasteiger partial charge in [0.15, 0.2) is 23.9 Å². The Morgan fingerprint density at radius 1 is 1.00 bits per heavy atom. The van der Waals surface area contributed by atoms with Gasteiger partial charge in [-0.25, -0.2) is 4.79 Å². The minimum atomic E-state index is -0.683. The van der Waals surface area contributed by atoms with Gasteiger partial charge in [0.05, 0.1) is 14.2 Å². The van der Waals surface area contributed by atoms with Gasteiger partial charge in [-0.2, -0.15) is 0 Å². The third-order valence-corrected chi connectivity index (χ3v) is 3.05. The molecule has 0 amide bonds. The Labute approximate surface area is 139 Å². The maximum Gasteiger partial charge on any atom is 0.372 e. The van der Waals surface area contributed by atoms with Gasteiger partial charge < -0.3 is 24.8 Å². The Morgan fingerprint density at radius 2 is 1.67 bits per heavy atom. The molecule has 0 bridgehead atoms. The second kappa shape index (κ2) is 8.42. The zero-order valence-corrected chi connectivity index (χ0v) is 13.4. The fourth-order valence-corrected chi connectivity index (χ4v) is 1.82. The molecule has 0 saturated carbocycles. The minimum Gasteiger partial charge on any atom is -0.497 e. The van der Waals surface area contributed by atoms with Crippen LogP contribution in [0.2, 0.25) is 0 Å². The highest BCUT2D eigenvalue weighted by atomic mass is 16.7. The highest BCUT2D eigenvalue weighted by Crippen LogP contribution is 2.25. The van der Waals surface area contributed by atoms with Crippen LogP contribution in [0.5, 0.6) is 17.2 Å². The first-order valence-electron chi connectivity index (χ1n) is 7.07. The molecule has 0 atom stereocenters. The molecule has 2 rings (SSSR count). The summed E-state index contributed by atoms with van der Waals surface area (Å²) in [5.41, 5.74) is 6.36. The lowest BCUT2D eigenvalue weighted by Crippen LogP contribution is -2.18. The monoisotopic (exact) mass is 330 g/mol. The van der Waals surface area contributed by atoms with E-state index in [9.17, 15) is 4.79 Å². The summed E-state index contributed by atoms with van der Waals surface area (Å²) in [4.78, 5) is 16.4. The minimum absolute atomic E-state index is 0.0725. The van der Waals surface area contributed by atoms with E-state index in [4.69, 9.17) is 24.8 Å². The van der Waals surface area contributed by atoms with Crippen LogP contribution in [-0.2, 0) is 9.63 Å². The van der Waals surface area contributed by atoms with Crippen LogP contribution in [0.25, 0.3) is 0 Å². The van der Waals surface area contributed by atoms with Gasteiger partial charge in [0.2, 0.25) is 0 Å². The molecule has 24 heavy (non-hydrogen) atoms. The Balaban J connectivity index is 1.89. The summed E-state index contributed by atoms with van der Waals surface area (Å²) in [5.74, 6) is 1.03. The number of nitrogens with zero attached hydrogens (tertiary/aromatic N) is 1. The van der Waals surface area contributed by atoms with Crippen LogP contribution in [-0.4, -0.2) is 32.6 Å². The molecule has 0 unspecified atom stereocenters. The summed E-state index contributed by atoms with van der Waals surface area (Å²) in [6.45, 7) is -0.320. The molecule has 126 valence electrons. The lowest BCUT2D eigenvalue weighted by Gasteiger charge is -2.08. The third-order valence-electron chi connectivity index (χ3n) is 3.05. The van der Waals surface area contributed by atoms with Crippen LogP contribution >= 0.6 is 0 Å². The standard InChI is InChI=1S/C17H18N2O5/c1-21-13-9-7-12(8-10-13)17(18)19-24-16(20)11-23-15-6-4-3-5-14(15)22-2/h3-10H,11H2,1-2H3,(H2,18,19). The predicted molar refractivity (Wildman–Crippen MR) is 88.3 cm³/mol. The van der Waals surface area contributed by atoms with Gasteiger partial charge in [-0.3, -0.25) is 0 Å². The van der Waals surface area contributed by atoms with Crippen LogP contribution < -0.4 is 19.9 Å². The maximum absolute atomic E-state index is 11.7. The molecule has 0 radical (unpaired) electrons. The molecule has 0 fully saturated rings. The molecular weight excluding hydrogens is 312 g/mol. The fourth-order valence-electron chi connectivity index (χ4n) is 1.82. The number of ether oxygens (including phenoxy) is 3. The highest BCUT2D eigenvalue weighted by molar-refractivity contribution is 5.97. The molecule has 7 nitrogen and oxygen atoms in total. The number of carbonyl (C=O) groups excluding carboxylic acids is 1. The number of hydrogen-bond acceptors (Lipinski definition) is 6. The largest absolute Gasteiger partial charge is 0.497 e. The molecule has 0 aliphatic rings. The molecule has 2 N–H and O–H groups in total. The smallest absolute Gasteiger partial charge is 0.372 e. The summed E-state index contributed by atoms with van der Waals surface area (Å²) < 4.78 is 15.5. The molecule has 2 aromatic rings. The van der Waals surface area contributed by atoms with Crippen molar-refractivity contribution in [2.24, 2.45) is 10.9 Å². The average molecular weight is 330 g/mol. The number of nitrogens with two attached hydrogens (primary N) is 1. The molecule has 0 saturated heterocycles. The van der Waals surface area contributed by atoms with Crippen LogP contribution in [0.4, 0.5) is 0 Å². The van der Waals surface area contributed by atoms with Gasteiger partial charge in [-0.1, -0.05) is 17.3 Å². The van der Waals surface area contributed by atoms with E-state index in [-0.39, 0.29) is 12.4 Å². The summed E-state index contributed by atoms with van der Waals surface area (Å²) in [7, 11) is 3.08. The Hall–Kier alpha value is -3.22. The van der Waals surface area contributed by atoms with E-state index in [0.29, 0.717) is 22.8 Å². The van der Waals surface area contributed by atoms with Gasteiger partial charge in [-0.15, -0.1) is 0 Å². The van der Waals surface area contributed by atoms with Gasteiger partial charge in [0, 0.05) is 5.56 Å². The number of rotatable bonds is 7. The lowest BCUT2D eigenvalue weighted by molar-refractivity contribution is -0.146. The van der Waals surface area contributed by atoms with Crippen LogP contribution in [0.15, 0.2) is 53.7 Å². The molecular formula is C17H18N2O5. The topological polar surface area (TPSA) is 92.4 Å².